The highest BCUT2D eigenvalue weighted by atomic mass is 79.9. The normalized spacial score (nSPS) is 12.8. The molecule has 1 atom stereocenters. The molecule has 1 unspecified atom stereocenters. The molecule has 0 aliphatic rings. The first-order chi connectivity index (χ1) is 7.99. The Morgan fingerprint density at radius 2 is 2.00 bits per heavy atom. The highest BCUT2D eigenvalue weighted by Gasteiger charge is 2.16. The lowest BCUT2D eigenvalue weighted by atomic mass is 10.1. The molecule has 0 saturated carbocycles. The van der Waals surface area contributed by atoms with Crippen LogP contribution in [0, 0.1) is 12.7 Å². The molecule has 5 heteroatoms. The van der Waals surface area contributed by atoms with Crippen molar-refractivity contribution in [2.24, 2.45) is 0 Å². The monoisotopic (exact) mass is 396 g/mol. The molecule has 0 aliphatic heterocycles. The van der Waals surface area contributed by atoms with Gasteiger partial charge in [0.05, 0.1) is 13.6 Å². The van der Waals surface area contributed by atoms with Gasteiger partial charge in [-0.25, -0.2) is 4.39 Å². The molecule has 1 aromatic carbocycles. The minimum Gasteiger partial charge on any atom is -0.206 e. The second-order valence-electron chi connectivity index (χ2n) is 3.60. The fourth-order valence-corrected chi connectivity index (χ4v) is 4.13. The van der Waals surface area contributed by atoms with Gasteiger partial charge in [-0.3, -0.25) is 0 Å². The van der Waals surface area contributed by atoms with E-state index in [0.29, 0.717) is 4.47 Å². The van der Waals surface area contributed by atoms with Gasteiger partial charge in [-0.15, -0.1) is 22.9 Å². The maximum absolute atomic E-state index is 13.2. The summed E-state index contributed by atoms with van der Waals surface area (Å²) in [6, 6.07) is 6.86. The molecule has 0 radical (unpaired) electrons. The molecular formula is C12H8Br2ClFS. The first kappa shape index (κ1) is 13.5. The van der Waals surface area contributed by atoms with Crippen molar-refractivity contribution < 1.29 is 4.39 Å². The molecule has 2 rings (SSSR count). The van der Waals surface area contributed by atoms with Crippen molar-refractivity contribution in [3.8, 4) is 0 Å². The number of rotatable bonds is 2. The number of benzene rings is 1. The molecule has 0 nitrogen and oxygen atoms in total. The first-order valence-electron chi connectivity index (χ1n) is 4.84. The van der Waals surface area contributed by atoms with Gasteiger partial charge >= 0.3 is 0 Å². The van der Waals surface area contributed by atoms with Gasteiger partial charge in [-0.2, -0.15) is 0 Å². The predicted molar refractivity (Wildman–Crippen MR) is 78.6 cm³/mol. The molecule has 0 fully saturated rings. The zero-order valence-corrected chi connectivity index (χ0v) is 13.6. The van der Waals surface area contributed by atoms with Gasteiger partial charge in [0.25, 0.3) is 0 Å². The number of hydrogen-bond donors (Lipinski definition) is 0. The number of hydrogen-bond acceptors (Lipinski definition) is 1. The topological polar surface area (TPSA) is 0 Å². The first-order valence-corrected chi connectivity index (χ1v) is 7.68. The third kappa shape index (κ3) is 2.92. The number of aryl methyl sites for hydroxylation is 1. The largest absolute Gasteiger partial charge is 0.206 e. The summed E-state index contributed by atoms with van der Waals surface area (Å²) in [5.74, 6) is -0.277. The van der Waals surface area contributed by atoms with Crippen LogP contribution in [-0.2, 0) is 0 Å². The van der Waals surface area contributed by atoms with E-state index in [0.717, 1.165) is 19.8 Å². The Morgan fingerprint density at radius 1 is 1.29 bits per heavy atom. The molecule has 0 saturated heterocycles. The van der Waals surface area contributed by atoms with Crippen LogP contribution < -0.4 is 0 Å². The van der Waals surface area contributed by atoms with E-state index in [-0.39, 0.29) is 11.2 Å². The van der Waals surface area contributed by atoms with Crippen LogP contribution in [0.4, 0.5) is 4.39 Å². The van der Waals surface area contributed by atoms with Crippen molar-refractivity contribution in [1.82, 2.24) is 0 Å². The molecule has 17 heavy (non-hydrogen) atoms. The minimum absolute atomic E-state index is 0.255. The summed E-state index contributed by atoms with van der Waals surface area (Å²) in [6.45, 7) is 2.03. The summed E-state index contributed by atoms with van der Waals surface area (Å²) in [5, 5.41) is -0.255. The van der Waals surface area contributed by atoms with Gasteiger partial charge in [-0.1, -0.05) is 6.07 Å². The third-order valence-corrected chi connectivity index (χ3v) is 5.10. The molecule has 2 aromatic rings. The van der Waals surface area contributed by atoms with Crippen LogP contribution in [0.25, 0.3) is 0 Å². The van der Waals surface area contributed by atoms with E-state index < -0.39 is 0 Å². The molecule has 0 spiro atoms. The van der Waals surface area contributed by atoms with Crippen molar-refractivity contribution in [2.45, 2.75) is 12.3 Å². The summed E-state index contributed by atoms with van der Waals surface area (Å²) < 4.78 is 14.6. The SMILES string of the molecule is Cc1sc(Br)cc1C(Cl)c1ccc(F)c(Br)c1. The van der Waals surface area contributed by atoms with Crippen LogP contribution in [0.2, 0.25) is 0 Å². The fraction of sp³-hybridized carbons (Fsp3) is 0.167. The molecule has 0 amide bonds. The van der Waals surface area contributed by atoms with Crippen molar-refractivity contribution in [3.05, 3.63) is 54.3 Å². The lowest BCUT2D eigenvalue weighted by Gasteiger charge is -2.10. The average molecular weight is 399 g/mol. The minimum atomic E-state index is -0.277. The fourth-order valence-electron chi connectivity index (χ4n) is 1.56. The van der Waals surface area contributed by atoms with Crippen molar-refractivity contribution in [1.29, 1.82) is 0 Å². The van der Waals surface area contributed by atoms with Crippen LogP contribution in [-0.4, -0.2) is 0 Å². The molecule has 0 N–H and O–H groups in total. The number of halogens is 4. The summed E-state index contributed by atoms with van der Waals surface area (Å²) in [5.41, 5.74) is 1.94. The second kappa shape index (κ2) is 5.39. The van der Waals surface area contributed by atoms with E-state index in [2.05, 4.69) is 31.9 Å². The third-order valence-electron chi connectivity index (χ3n) is 2.44. The van der Waals surface area contributed by atoms with E-state index in [9.17, 15) is 4.39 Å². The van der Waals surface area contributed by atoms with E-state index in [4.69, 9.17) is 11.6 Å². The van der Waals surface area contributed by atoms with Crippen LogP contribution >= 0.6 is 54.8 Å². The van der Waals surface area contributed by atoms with Gasteiger partial charge in [0.1, 0.15) is 5.82 Å². The van der Waals surface area contributed by atoms with Gasteiger partial charge in [0, 0.05) is 4.88 Å². The standard InChI is InChI=1S/C12H8Br2ClFS/c1-6-8(5-11(14)17-6)12(15)7-2-3-10(16)9(13)4-7/h2-5,12H,1H3. The molecular weight excluding hydrogens is 390 g/mol. The Balaban J connectivity index is 2.40. The zero-order chi connectivity index (χ0) is 12.6. The van der Waals surface area contributed by atoms with Crippen molar-refractivity contribution in [2.75, 3.05) is 0 Å². The van der Waals surface area contributed by atoms with E-state index in [1.54, 1.807) is 23.5 Å². The maximum Gasteiger partial charge on any atom is 0.137 e. The second-order valence-corrected chi connectivity index (χ2v) is 7.52. The Morgan fingerprint density at radius 3 is 2.53 bits per heavy atom. The van der Waals surface area contributed by atoms with Gasteiger partial charge in [0.15, 0.2) is 0 Å². The molecule has 90 valence electrons. The van der Waals surface area contributed by atoms with E-state index in [1.807, 2.05) is 13.0 Å². The predicted octanol–water partition coefficient (Wildman–Crippen LogP) is 6.05. The summed E-state index contributed by atoms with van der Waals surface area (Å²) in [4.78, 5) is 1.16. The summed E-state index contributed by atoms with van der Waals surface area (Å²) in [7, 11) is 0. The van der Waals surface area contributed by atoms with Crippen LogP contribution in [0.5, 0.6) is 0 Å². The summed E-state index contributed by atoms with van der Waals surface area (Å²) in [6.07, 6.45) is 0. The van der Waals surface area contributed by atoms with Crippen molar-refractivity contribution in [3.63, 3.8) is 0 Å². The van der Waals surface area contributed by atoms with Gasteiger partial charge < -0.3 is 0 Å². The highest BCUT2D eigenvalue weighted by Crippen LogP contribution is 2.38. The Kier molecular flexibility index (Phi) is 4.29. The molecule has 0 aliphatic carbocycles. The van der Waals surface area contributed by atoms with Gasteiger partial charge in [0.2, 0.25) is 0 Å². The highest BCUT2D eigenvalue weighted by molar-refractivity contribution is 9.11. The van der Waals surface area contributed by atoms with E-state index in [1.165, 1.54) is 6.07 Å². The Labute approximate surface area is 125 Å². The smallest absolute Gasteiger partial charge is 0.137 e. The lowest BCUT2D eigenvalue weighted by Crippen LogP contribution is -1.94. The lowest BCUT2D eigenvalue weighted by molar-refractivity contribution is 0.620. The van der Waals surface area contributed by atoms with Crippen LogP contribution in [0.3, 0.4) is 0 Å². The average Bonchev–Trinajstić information content (AvgIpc) is 2.61. The molecule has 1 aromatic heterocycles. The quantitative estimate of drug-likeness (QED) is 0.540. The Hall–Kier alpha value is 0.1000. The van der Waals surface area contributed by atoms with Crippen LogP contribution in [0.1, 0.15) is 21.4 Å². The molecule has 0 bridgehead atoms. The zero-order valence-electron chi connectivity index (χ0n) is 8.81. The van der Waals surface area contributed by atoms with E-state index >= 15 is 0 Å². The van der Waals surface area contributed by atoms with Gasteiger partial charge in [-0.05, 0) is 68.1 Å². The van der Waals surface area contributed by atoms with Crippen molar-refractivity contribution >= 4 is 54.8 Å². The number of thiophene rings is 1. The van der Waals surface area contributed by atoms with Crippen LogP contribution in [0.15, 0.2) is 32.5 Å². The maximum atomic E-state index is 13.2. The number of alkyl halides is 1. The Bertz CT molecular complexity index is 553. The summed E-state index contributed by atoms with van der Waals surface area (Å²) >= 11 is 14.7. The molecule has 1 heterocycles.